The van der Waals surface area contributed by atoms with Crippen molar-refractivity contribution in [3.8, 4) is 0 Å². The fourth-order valence-electron chi connectivity index (χ4n) is 1.45. The first-order valence-electron chi connectivity index (χ1n) is 5.80. The van der Waals surface area contributed by atoms with Crippen molar-refractivity contribution in [1.82, 2.24) is 5.32 Å². The number of aliphatic carboxylic acids is 1. The summed E-state index contributed by atoms with van der Waals surface area (Å²) in [5, 5.41) is 23.1. The van der Waals surface area contributed by atoms with Gasteiger partial charge in [0.1, 0.15) is 0 Å². The Labute approximate surface area is 111 Å². The van der Waals surface area contributed by atoms with Crippen molar-refractivity contribution >= 4 is 17.7 Å². The number of aryl methyl sites for hydroxylation is 2. The standard InChI is InChI=1S/C13H18N2O4/c1-8-4-5-10(9(2)6-8)15-12(18)14-7-13(3,19)11(16)17/h4-6,19H,7H2,1-3H3,(H,16,17)(H2,14,15,18). The van der Waals surface area contributed by atoms with Gasteiger partial charge in [0.25, 0.3) is 0 Å². The second-order valence-corrected chi connectivity index (χ2v) is 4.71. The van der Waals surface area contributed by atoms with Crippen LogP contribution in [0.1, 0.15) is 18.1 Å². The van der Waals surface area contributed by atoms with Gasteiger partial charge in [-0.2, -0.15) is 0 Å². The lowest BCUT2D eigenvalue weighted by Gasteiger charge is -2.18. The lowest BCUT2D eigenvalue weighted by atomic mass is 10.1. The van der Waals surface area contributed by atoms with E-state index in [-0.39, 0.29) is 6.54 Å². The second kappa shape index (κ2) is 5.71. The summed E-state index contributed by atoms with van der Waals surface area (Å²) in [6.45, 7) is 4.54. The van der Waals surface area contributed by atoms with Crippen LogP contribution < -0.4 is 10.6 Å². The first-order valence-corrected chi connectivity index (χ1v) is 5.80. The highest BCUT2D eigenvalue weighted by Crippen LogP contribution is 2.15. The maximum absolute atomic E-state index is 11.6. The first-order chi connectivity index (χ1) is 8.72. The topological polar surface area (TPSA) is 98.7 Å². The molecule has 0 spiro atoms. The molecule has 0 aliphatic carbocycles. The van der Waals surface area contributed by atoms with Gasteiger partial charge >= 0.3 is 12.0 Å². The highest BCUT2D eigenvalue weighted by molar-refractivity contribution is 5.90. The largest absolute Gasteiger partial charge is 0.479 e. The van der Waals surface area contributed by atoms with Gasteiger partial charge < -0.3 is 20.8 Å². The number of carbonyl (C=O) groups excluding carboxylic acids is 1. The molecule has 1 unspecified atom stereocenters. The van der Waals surface area contributed by atoms with E-state index in [1.54, 1.807) is 6.07 Å². The van der Waals surface area contributed by atoms with Gasteiger partial charge in [-0.05, 0) is 32.4 Å². The smallest absolute Gasteiger partial charge is 0.337 e. The molecule has 1 atom stereocenters. The van der Waals surface area contributed by atoms with Crippen LogP contribution in [-0.2, 0) is 4.79 Å². The third-order valence-corrected chi connectivity index (χ3v) is 2.68. The van der Waals surface area contributed by atoms with Crippen molar-refractivity contribution < 1.29 is 19.8 Å². The molecule has 19 heavy (non-hydrogen) atoms. The third-order valence-electron chi connectivity index (χ3n) is 2.68. The monoisotopic (exact) mass is 266 g/mol. The van der Waals surface area contributed by atoms with E-state index >= 15 is 0 Å². The summed E-state index contributed by atoms with van der Waals surface area (Å²) < 4.78 is 0. The summed E-state index contributed by atoms with van der Waals surface area (Å²) in [5.41, 5.74) is 0.634. The van der Waals surface area contributed by atoms with Crippen molar-refractivity contribution in [1.29, 1.82) is 0 Å². The van der Waals surface area contributed by atoms with E-state index in [2.05, 4.69) is 10.6 Å². The molecule has 0 aliphatic heterocycles. The highest BCUT2D eigenvalue weighted by Gasteiger charge is 2.30. The number of urea groups is 1. The zero-order valence-electron chi connectivity index (χ0n) is 11.2. The van der Waals surface area contributed by atoms with Crippen LogP contribution in [0.15, 0.2) is 18.2 Å². The summed E-state index contributed by atoms with van der Waals surface area (Å²) in [6, 6.07) is 4.98. The van der Waals surface area contributed by atoms with Gasteiger partial charge in [-0.3, -0.25) is 0 Å². The number of carboxylic acid groups (broad SMARTS) is 1. The van der Waals surface area contributed by atoms with Crippen LogP contribution in [0, 0.1) is 13.8 Å². The Hall–Kier alpha value is -2.08. The van der Waals surface area contributed by atoms with Crippen LogP contribution in [-0.4, -0.2) is 34.4 Å². The fourth-order valence-corrected chi connectivity index (χ4v) is 1.45. The second-order valence-electron chi connectivity index (χ2n) is 4.71. The molecule has 0 radical (unpaired) electrons. The number of aliphatic hydroxyl groups is 1. The number of benzene rings is 1. The molecule has 1 aromatic rings. The van der Waals surface area contributed by atoms with Crippen molar-refractivity contribution in [2.45, 2.75) is 26.4 Å². The molecule has 0 saturated heterocycles. The zero-order chi connectivity index (χ0) is 14.6. The van der Waals surface area contributed by atoms with Gasteiger partial charge in [0, 0.05) is 5.69 Å². The Kier molecular flexibility index (Phi) is 4.50. The molecular weight excluding hydrogens is 248 g/mol. The predicted octanol–water partition coefficient (Wildman–Crippen LogP) is 1.26. The lowest BCUT2D eigenvalue weighted by Crippen LogP contribution is -2.47. The summed E-state index contributed by atoms with van der Waals surface area (Å²) in [4.78, 5) is 22.3. The minimum atomic E-state index is -1.99. The molecule has 1 aromatic carbocycles. The van der Waals surface area contributed by atoms with E-state index in [4.69, 9.17) is 5.11 Å². The number of anilines is 1. The molecule has 6 nitrogen and oxygen atoms in total. The Morgan fingerprint density at radius 2 is 1.95 bits per heavy atom. The minimum absolute atomic E-state index is 0.376. The maximum atomic E-state index is 11.6. The molecule has 2 amide bonds. The maximum Gasteiger partial charge on any atom is 0.337 e. The Balaban J connectivity index is 2.59. The van der Waals surface area contributed by atoms with Crippen molar-refractivity contribution in [2.24, 2.45) is 0 Å². The quantitative estimate of drug-likeness (QED) is 0.659. The molecule has 6 heteroatoms. The number of carbonyl (C=O) groups is 2. The lowest BCUT2D eigenvalue weighted by molar-refractivity contribution is -0.155. The van der Waals surface area contributed by atoms with E-state index in [1.807, 2.05) is 26.0 Å². The normalized spacial score (nSPS) is 13.5. The average Bonchev–Trinajstić information content (AvgIpc) is 2.30. The Bertz CT molecular complexity index is 497. The summed E-state index contributed by atoms with van der Waals surface area (Å²) in [6.07, 6.45) is 0. The number of amides is 2. The van der Waals surface area contributed by atoms with Crippen LogP contribution in [0.5, 0.6) is 0 Å². The van der Waals surface area contributed by atoms with Crippen molar-refractivity contribution in [2.75, 3.05) is 11.9 Å². The molecular formula is C13H18N2O4. The van der Waals surface area contributed by atoms with Gasteiger partial charge in [0.05, 0.1) is 6.54 Å². The van der Waals surface area contributed by atoms with Gasteiger partial charge in [-0.15, -0.1) is 0 Å². The molecule has 0 bridgehead atoms. The van der Waals surface area contributed by atoms with E-state index < -0.39 is 17.6 Å². The predicted molar refractivity (Wildman–Crippen MR) is 71.2 cm³/mol. The van der Waals surface area contributed by atoms with E-state index in [1.165, 1.54) is 0 Å². The van der Waals surface area contributed by atoms with Gasteiger partial charge in [-0.25, -0.2) is 9.59 Å². The van der Waals surface area contributed by atoms with Crippen LogP contribution in [0.2, 0.25) is 0 Å². The van der Waals surface area contributed by atoms with Crippen LogP contribution in [0.25, 0.3) is 0 Å². The van der Waals surface area contributed by atoms with Gasteiger partial charge in [0.15, 0.2) is 5.60 Å². The molecule has 0 aliphatic rings. The van der Waals surface area contributed by atoms with Gasteiger partial charge in [0.2, 0.25) is 0 Å². The Morgan fingerprint density at radius 3 is 2.47 bits per heavy atom. The fraction of sp³-hybridized carbons (Fsp3) is 0.385. The molecule has 0 aromatic heterocycles. The molecule has 0 heterocycles. The van der Waals surface area contributed by atoms with E-state index in [9.17, 15) is 14.7 Å². The number of carboxylic acids is 1. The highest BCUT2D eigenvalue weighted by atomic mass is 16.4. The summed E-state index contributed by atoms with van der Waals surface area (Å²) in [7, 11) is 0. The average molecular weight is 266 g/mol. The van der Waals surface area contributed by atoms with Crippen LogP contribution in [0.3, 0.4) is 0 Å². The number of nitrogens with one attached hydrogen (secondary N) is 2. The number of hydrogen-bond acceptors (Lipinski definition) is 3. The third kappa shape index (κ3) is 4.26. The van der Waals surface area contributed by atoms with Crippen molar-refractivity contribution in [3.05, 3.63) is 29.3 Å². The summed E-state index contributed by atoms with van der Waals surface area (Å²) in [5.74, 6) is -1.39. The first kappa shape index (κ1) is 15.0. The molecule has 0 saturated carbocycles. The van der Waals surface area contributed by atoms with E-state index in [0.29, 0.717) is 5.69 Å². The van der Waals surface area contributed by atoms with E-state index in [0.717, 1.165) is 18.1 Å². The number of hydrogen-bond donors (Lipinski definition) is 4. The molecule has 1 rings (SSSR count). The zero-order valence-corrected chi connectivity index (χ0v) is 11.2. The Morgan fingerprint density at radius 1 is 1.32 bits per heavy atom. The SMILES string of the molecule is Cc1ccc(NC(=O)NCC(C)(O)C(=O)O)c(C)c1. The van der Waals surface area contributed by atoms with Crippen molar-refractivity contribution in [3.63, 3.8) is 0 Å². The minimum Gasteiger partial charge on any atom is -0.479 e. The summed E-state index contributed by atoms with van der Waals surface area (Å²) >= 11 is 0. The van der Waals surface area contributed by atoms with Crippen LogP contribution >= 0.6 is 0 Å². The van der Waals surface area contributed by atoms with Crippen LogP contribution in [0.4, 0.5) is 10.5 Å². The molecule has 4 N–H and O–H groups in total. The van der Waals surface area contributed by atoms with Gasteiger partial charge in [-0.1, -0.05) is 17.7 Å². The number of rotatable bonds is 4. The molecule has 0 fully saturated rings. The molecule has 104 valence electrons.